The second kappa shape index (κ2) is 5.16. The molecule has 1 fully saturated rings. The molecule has 0 aromatic carbocycles. The van der Waals surface area contributed by atoms with Crippen LogP contribution in [0.2, 0.25) is 5.28 Å². The lowest BCUT2D eigenvalue weighted by atomic mass is 10.1. The fourth-order valence-electron chi connectivity index (χ4n) is 1.63. The number of aromatic nitrogens is 3. The maximum Gasteiger partial charge on any atom is 0.407 e. The summed E-state index contributed by atoms with van der Waals surface area (Å²) in [6, 6.07) is 0.0328. The molecule has 0 bridgehead atoms. The number of alkyl carbamates (subject to hydrolysis) is 1. The van der Waals surface area contributed by atoms with E-state index < -0.39 is 11.7 Å². The van der Waals surface area contributed by atoms with Crippen molar-refractivity contribution >= 4 is 23.6 Å². The molecule has 0 radical (unpaired) electrons. The summed E-state index contributed by atoms with van der Waals surface area (Å²) in [5, 5.41) is 2.94. The third-order valence-corrected chi connectivity index (χ3v) is 2.60. The number of amides is 1. The number of halogens is 1. The Kier molecular flexibility index (Phi) is 3.75. The number of anilines is 1. The number of nitrogens with zero attached hydrogens (tertiary/aromatic N) is 4. The Labute approximate surface area is 116 Å². The van der Waals surface area contributed by atoms with Crippen LogP contribution in [0.3, 0.4) is 0 Å². The highest BCUT2D eigenvalue weighted by Gasteiger charge is 2.31. The van der Waals surface area contributed by atoms with Gasteiger partial charge in [0.05, 0.1) is 6.04 Å². The third-order valence-electron chi connectivity index (χ3n) is 2.41. The van der Waals surface area contributed by atoms with Gasteiger partial charge in [-0.15, -0.1) is 0 Å². The number of rotatable bonds is 2. The van der Waals surface area contributed by atoms with E-state index in [1.165, 1.54) is 6.33 Å². The fraction of sp³-hybridized carbons (Fsp3) is 0.636. The van der Waals surface area contributed by atoms with Crippen LogP contribution in [0.1, 0.15) is 20.8 Å². The number of hydrogen-bond acceptors (Lipinski definition) is 6. The zero-order valence-electron chi connectivity index (χ0n) is 11.1. The minimum absolute atomic E-state index is 0.0328. The molecule has 0 aliphatic carbocycles. The van der Waals surface area contributed by atoms with Crippen molar-refractivity contribution in [3.63, 3.8) is 0 Å². The molecule has 1 aromatic heterocycles. The van der Waals surface area contributed by atoms with Crippen molar-refractivity contribution in [2.75, 3.05) is 18.0 Å². The van der Waals surface area contributed by atoms with Crippen LogP contribution < -0.4 is 10.2 Å². The Bertz CT molecular complexity index is 470. The summed E-state index contributed by atoms with van der Waals surface area (Å²) in [6.07, 6.45) is 0.949. The summed E-state index contributed by atoms with van der Waals surface area (Å²) < 4.78 is 5.17. The van der Waals surface area contributed by atoms with E-state index in [-0.39, 0.29) is 11.3 Å². The molecule has 1 aliphatic rings. The highest BCUT2D eigenvalue weighted by atomic mass is 35.5. The average Bonchev–Trinajstić information content (AvgIpc) is 2.20. The molecule has 0 saturated carbocycles. The van der Waals surface area contributed by atoms with Crippen molar-refractivity contribution < 1.29 is 9.53 Å². The van der Waals surface area contributed by atoms with Crippen LogP contribution >= 0.6 is 11.6 Å². The SMILES string of the molecule is CC(C)(C)OC(=O)NC1CN(c2ncnc(Cl)n2)C1. The molecule has 0 atom stereocenters. The highest BCUT2D eigenvalue weighted by molar-refractivity contribution is 6.28. The molecule has 1 aliphatic heterocycles. The molecule has 2 heterocycles. The maximum atomic E-state index is 11.5. The van der Waals surface area contributed by atoms with Crippen LogP contribution in [0.15, 0.2) is 6.33 Å². The van der Waals surface area contributed by atoms with Gasteiger partial charge in [0.15, 0.2) is 0 Å². The molecule has 8 heteroatoms. The van der Waals surface area contributed by atoms with Gasteiger partial charge in [-0.1, -0.05) is 0 Å². The Morgan fingerprint density at radius 1 is 1.47 bits per heavy atom. The summed E-state index contributed by atoms with van der Waals surface area (Å²) in [6.45, 7) is 6.73. The monoisotopic (exact) mass is 285 g/mol. The van der Waals surface area contributed by atoms with Crippen LogP contribution in [-0.4, -0.2) is 45.8 Å². The molecule has 0 unspecified atom stereocenters. The number of ether oxygens (including phenoxy) is 1. The molecule has 1 amide bonds. The van der Waals surface area contributed by atoms with Gasteiger partial charge in [0.25, 0.3) is 0 Å². The molecule has 104 valence electrons. The van der Waals surface area contributed by atoms with Gasteiger partial charge in [-0.3, -0.25) is 0 Å². The number of nitrogens with one attached hydrogen (secondary N) is 1. The third kappa shape index (κ3) is 3.92. The Hall–Kier alpha value is -1.63. The molecule has 2 rings (SSSR count). The number of hydrogen-bond donors (Lipinski definition) is 1. The second-order valence-corrected chi connectivity index (χ2v) is 5.64. The van der Waals surface area contributed by atoms with Crippen LogP contribution in [0.25, 0.3) is 0 Å². The Morgan fingerprint density at radius 3 is 2.74 bits per heavy atom. The van der Waals surface area contributed by atoms with E-state index in [1.54, 1.807) is 0 Å². The number of carbonyl (C=O) groups excluding carboxylic acids is 1. The van der Waals surface area contributed by atoms with Crippen molar-refractivity contribution in [3.8, 4) is 0 Å². The minimum atomic E-state index is -0.491. The van der Waals surface area contributed by atoms with E-state index in [1.807, 2.05) is 25.7 Å². The molecule has 19 heavy (non-hydrogen) atoms. The molecule has 1 aromatic rings. The van der Waals surface area contributed by atoms with Gasteiger partial charge in [-0.25, -0.2) is 14.8 Å². The average molecular weight is 286 g/mol. The van der Waals surface area contributed by atoms with E-state index in [0.29, 0.717) is 19.0 Å². The van der Waals surface area contributed by atoms with Crippen LogP contribution in [0.4, 0.5) is 10.7 Å². The first-order valence-electron chi connectivity index (χ1n) is 5.92. The van der Waals surface area contributed by atoms with Crippen molar-refractivity contribution in [2.24, 2.45) is 0 Å². The summed E-state index contributed by atoms with van der Waals surface area (Å²) in [5.74, 6) is 0.516. The quantitative estimate of drug-likeness (QED) is 0.880. The Morgan fingerprint density at radius 2 is 2.16 bits per heavy atom. The summed E-state index contributed by atoms with van der Waals surface area (Å²) >= 11 is 5.68. The maximum absolute atomic E-state index is 11.5. The molecular weight excluding hydrogens is 270 g/mol. The Balaban J connectivity index is 1.79. The second-order valence-electron chi connectivity index (χ2n) is 5.30. The lowest BCUT2D eigenvalue weighted by Crippen LogP contribution is -2.60. The van der Waals surface area contributed by atoms with E-state index in [0.717, 1.165) is 0 Å². The summed E-state index contributed by atoms with van der Waals surface area (Å²) in [4.78, 5) is 25.2. The zero-order chi connectivity index (χ0) is 14.0. The smallest absolute Gasteiger partial charge is 0.407 e. The van der Waals surface area contributed by atoms with Crippen LogP contribution in [0, 0.1) is 0 Å². The first-order chi connectivity index (χ1) is 8.83. The van der Waals surface area contributed by atoms with Crippen molar-refractivity contribution in [2.45, 2.75) is 32.4 Å². The molecule has 7 nitrogen and oxygen atoms in total. The zero-order valence-corrected chi connectivity index (χ0v) is 11.8. The van der Waals surface area contributed by atoms with E-state index >= 15 is 0 Å². The molecule has 1 N–H and O–H groups in total. The predicted octanol–water partition coefficient (Wildman–Crippen LogP) is 1.24. The van der Waals surface area contributed by atoms with Crippen LogP contribution in [0.5, 0.6) is 0 Å². The van der Waals surface area contributed by atoms with Gasteiger partial charge < -0.3 is 15.0 Å². The standard InChI is InChI=1S/C11H16ClN5O2/c1-11(2,3)19-10(18)15-7-4-17(5-7)9-14-6-13-8(12)16-9/h6-7H,4-5H2,1-3H3,(H,15,18). The van der Waals surface area contributed by atoms with Gasteiger partial charge in [-0.2, -0.15) is 4.98 Å². The first-order valence-corrected chi connectivity index (χ1v) is 6.30. The van der Waals surface area contributed by atoms with Gasteiger partial charge >= 0.3 is 6.09 Å². The normalized spacial score (nSPS) is 15.9. The minimum Gasteiger partial charge on any atom is -0.444 e. The first kappa shape index (κ1) is 13.8. The lowest BCUT2D eigenvalue weighted by molar-refractivity contribution is 0.0495. The fourth-order valence-corrected chi connectivity index (χ4v) is 1.75. The van der Waals surface area contributed by atoms with Crippen molar-refractivity contribution in [3.05, 3.63) is 11.6 Å². The van der Waals surface area contributed by atoms with Crippen molar-refractivity contribution in [1.82, 2.24) is 20.3 Å². The summed E-state index contributed by atoms with van der Waals surface area (Å²) in [5.41, 5.74) is -0.491. The topological polar surface area (TPSA) is 80.2 Å². The van der Waals surface area contributed by atoms with Crippen molar-refractivity contribution in [1.29, 1.82) is 0 Å². The van der Waals surface area contributed by atoms with Gasteiger partial charge in [0.1, 0.15) is 11.9 Å². The summed E-state index contributed by atoms with van der Waals surface area (Å²) in [7, 11) is 0. The van der Waals surface area contributed by atoms with Gasteiger partial charge in [0, 0.05) is 13.1 Å². The van der Waals surface area contributed by atoms with Gasteiger partial charge in [0.2, 0.25) is 11.2 Å². The van der Waals surface area contributed by atoms with E-state index in [2.05, 4.69) is 20.3 Å². The lowest BCUT2D eigenvalue weighted by Gasteiger charge is -2.39. The number of carbonyl (C=O) groups is 1. The van der Waals surface area contributed by atoms with Crippen LogP contribution in [-0.2, 0) is 4.74 Å². The molecular formula is C11H16ClN5O2. The molecule has 0 spiro atoms. The molecule has 1 saturated heterocycles. The van der Waals surface area contributed by atoms with Gasteiger partial charge in [-0.05, 0) is 32.4 Å². The highest BCUT2D eigenvalue weighted by Crippen LogP contribution is 2.17. The van der Waals surface area contributed by atoms with E-state index in [9.17, 15) is 4.79 Å². The predicted molar refractivity (Wildman–Crippen MR) is 70.2 cm³/mol. The largest absolute Gasteiger partial charge is 0.444 e. The van der Waals surface area contributed by atoms with E-state index in [4.69, 9.17) is 16.3 Å².